The van der Waals surface area contributed by atoms with Gasteiger partial charge in [-0.3, -0.25) is 14.2 Å². The minimum atomic E-state index is -1.02. The standard InChI is InChI=1S/C17H16BrN5O3/c1-11(17(25)26)23-9-6-14(20-23)16(24)19-15-7-8-22(21-15)10-12-2-4-13(18)5-3-12/h2-9,11H,10H2,1H3,(H,25,26)(H,19,21,24). The minimum absolute atomic E-state index is 0.126. The Kier molecular flexibility index (Phi) is 5.17. The summed E-state index contributed by atoms with van der Waals surface area (Å²) in [7, 11) is 0. The van der Waals surface area contributed by atoms with E-state index in [1.165, 1.54) is 23.9 Å². The topological polar surface area (TPSA) is 102 Å². The monoisotopic (exact) mass is 417 g/mol. The van der Waals surface area contributed by atoms with Gasteiger partial charge in [-0.15, -0.1) is 0 Å². The zero-order valence-electron chi connectivity index (χ0n) is 13.8. The molecule has 0 saturated carbocycles. The summed E-state index contributed by atoms with van der Waals surface area (Å²) in [5.74, 6) is -1.07. The number of rotatable bonds is 6. The molecule has 134 valence electrons. The van der Waals surface area contributed by atoms with Crippen LogP contribution in [-0.4, -0.2) is 36.5 Å². The van der Waals surface area contributed by atoms with Crippen molar-refractivity contribution in [2.24, 2.45) is 0 Å². The SMILES string of the molecule is CC(C(=O)O)n1ccc(C(=O)Nc2ccn(Cc3ccc(Br)cc3)n2)n1. The average Bonchev–Trinajstić information content (AvgIpc) is 3.26. The fraction of sp³-hybridized carbons (Fsp3) is 0.176. The number of nitrogens with one attached hydrogen (secondary N) is 1. The zero-order valence-corrected chi connectivity index (χ0v) is 15.4. The summed E-state index contributed by atoms with van der Waals surface area (Å²) in [6, 6.07) is 10.2. The number of aromatic nitrogens is 4. The van der Waals surface area contributed by atoms with E-state index < -0.39 is 17.9 Å². The van der Waals surface area contributed by atoms with Crippen LogP contribution in [0.4, 0.5) is 5.82 Å². The molecule has 0 aliphatic rings. The van der Waals surface area contributed by atoms with Crippen LogP contribution in [0, 0.1) is 0 Å². The van der Waals surface area contributed by atoms with Gasteiger partial charge >= 0.3 is 5.97 Å². The van der Waals surface area contributed by atoms with E-state index in [-0.39, 0.29) is 5.69 Å². The van der Waals surface area contributed by atoms with Crippen LogP contribution in [0.5, 0.6) is 0 Å². The Morgan fingerprint density at radius 1 is 1.15 bits per heavy atom. The number of aliphatic carboxylic acids is 1. The Hall–Kier alpha value is -2.94. The molecule has 1 amide bonds. The molecule has 2 aromatic heterocycles. The maximum atomic E-state index is 12.2. The van der Waals surface area contributed by atoms with Crippen LogP contribution >= 0.6 is 15.9 Å². The lowest BCUT2D eigenvalue weighted by Crippen LogP contribution is -2.18. The molecular formula is C17H16BrN5O3. The number of carboxylic acid groups (broad SMARTS) is 1. The molecule has 3 rings (SSSR count). The quantitative estimate of drug-likeness (QED) is 0.641. The lowest BCUT2D eigenvalue weighted by molar-refractivity contribution is -0.140. The summed E-state index contributed by atoms with van der Waals surface area (Å²) in [4.78, 5) is 23.2. The van der Waals surface area contributed by atoms with Gasteiger partial charge in [0.2, 0.25) is 0 Å². The third kappa shape index (κ3) is 4.17. The number of amides is 1. The number of hydrogen-bond donors (Lipinski definition) is 2. The van der Waals surface area contributed by atoms with E-state index in [9.17, 15) is 9.59 Å². The molecule has 0 bridgehead atoms. The van der Waals surface area contributed by atoms with E-state index in [0.717, 1.165) is 10.0 Å². The highest BCUT2D eigenvalue weighted by molar-refractivity contribution is 9.10. The molecule has 9 heteroatoms. The predicted molar refractivity (Wildman–Crippen MR) is 98.0 cm³/mol. The Labute approximate surface area is 157 Å². The lowest BCUT2D eigenvalue weighted by Gasteiger charge is -2.05. The summed E-state index contributed by atoms with van der Waals surface area (Å²) in [6.45, 7) is 2.06. The molecule has 1 unspecified atom stereocenters. The van der Waals surface area contributed by atoms with Crippen LogP contribution in [0.2, 0.25) is 0 Å². The predicted octanol–water partition coefficient (Wildman–Crippen LogP) is 2.79. The van der Waals surface area contributed by atoms with Crippen molar-refractivity contribution in [3.05, 3.63) is 64.5 Å². The number of halogens is 1. The highest BCUT2D eigenvalue weighted by Crippen LogP contribution is 2.13. The van der Waals surface area contributed by atoms with Gasteiger partial charge in [-0.25, -0.2) is 4.79 Å². The van der Waals surface area contributed by atoms with Crippen molar-refractivity contribution in [3.8, 4) is 0 Å². The Morgan fingerprint density at radius 3 is 2.58 bits per heavy atom. The largest absolute Gasteiger partial charge is 0.480 e. The van der Waals surface area contributed by atoms with Crippen molar-refractivity contribution in [3.63, 3.8) is 0 Å². The van der Waals surface area contributed by atoms with Crippen molar-refractivity contribution < 1.29 is 14.7 Å². The molecule has 2 N–H and O–H groups in total. The van der Waals surface area contributed by atoms with E-state index in [0.29, 0.717) is 12.4 Å². The first-order chi connectivity index (χ1) is 12.4. The number of benzene rings is 1. The number of carbonyl (C=O) groups excluding carboxylic acids is 1. The molecule has 8 nitrogen and oxygen atoms in total. The summed E-state index contributed by atoms with van der Waals surface area (Å²) in [6.07, 6.45) is 3.22. The van der Waals surface area contributed by atoms with Gasteiger partial charge in [0.15, 0.2) is 11.5 Å². The van der Waals surface area contributed by atoms with Gasteiger partial charge in [-0.05, 0) is 30.7 Å². The number of nitrogens with zero attached hydrogens (tertiary/aromatic N) is 4. The maximum absolute atomic E-state index is 12.2. The van der Waals surface area contributed by atoms with E-state index >= 15 is 0 Å². The second-order valence-electron chi connectivity index (χ2n) is 5.67. The number of carboxylic acids is 1. The number of hydrogen-bond acceptors (Lipinski definition) is 4. The van der Waals surface area contributed by atoms with E-state index in [4.69, 9.17) is 5.11 Å². The van der Waals surface area contributed by atoms with E-state index in [2.05, 4.69) is 31.4 Å². The Morgan fingerprint density at radius 2 is 1.88 bits per heavy atom. The molecule has 1 atom stereocenters. The summed E-state index contributed by atoms with van der Waals surface area (Å²) < 4.78 is 3.94. The fourth-order valence-corrected chi connectivity index (χ4v) is 2.53. The third-order valence-electron chi connectivity index (χ3n) is 3.74. The average molecular weight is 418 g/mol. The van der Waals surface area contributed by atoms with Gasteiger partial charge in [0.25, 0.3) is 5.91 Å². The van der Waals surface area contributed by atoms with Crippen LogP contribution in [0.15, 0.2) is 53.3 Å². The first kappa shape index (κ1) is 17.9. The number of carbonyl (C=O) groups is 2. The van der Waals surface area contributed by atoms with Crippen molar-refractivity contribution in [1.82, 2.24) is 19.6 Å². The van der Waals surface area contributed by atoms with Gasteiger partial charge in [0.1, 0.15) is 6.04 Å². The number of anilines is 1. The Balaban J connectivity index is 1.64. The highest BCUT2D eigenvalue weighted by atomic mass is 79.9. The molecular weight excluding hydrogens is 402 g/mol. The van der Waals surface area contributed by atoms with Crippen LogP contribution in [-0.2, 0) is 11.3 Å². The molecule has 0 fully saturated rings. The van der Waals surface area contributed by atoms with E-state index in [1.54, 1.807) is 16.9 Å². The second kappa shape index (κ2) is 7.52. The molecule has 0 radical (unpaired) electrons. The minimum Gasteiger partial charge on any atom is -0.480 e. The lowest BCUT2D eigenvalue weighted by atomic mass is 10.2. The van der Waals surface area contributed by atoms with E-state index in [1.807, 2.05) is 24.3 Å². The third-order valence-corrected chi connectivity index (χ3v) is 4.26. The second-order valence-corrected chi connectivity index (χ2v) is 6.59. The van der Waals surface area contributed by atoms with Crippen molar-refractivity contribution in [2.45, 2.75) is 19.5 Å². The van der Waals surface area contributed by atoms with Gasteiger partial charge in [0.05, 0.1) is 6.54 Å². The molecule has 3 aromatic rings. The van der Waals surface area contributed by atoms with Gasteiger partial charge in [0, 0.05) is 22.9 Å². The van der Waals surface area contributed by atoms with Gasteiger partial charge in [-0.2, -0.15) is 10.2 Å². The first-order valence-corrected chi connectivity index (χ1v) is 8.59. The summed E-state index contributed by atoms with van der Waals surface area (Å²) in [5, 5.41) is 19.9. The molecule has 1 aromatic carbocycles. The van der Waals surface area contributed by atoms with Gasteiger partial charge < -0.3 is 10.4 Å². The smallest absolute Gasteiger partial charge is 0.328 e. The van der Waals surface area contributed by atoms with Crippen molar-refractivity contribution in [1.29, 1.82) is 0 Å². The Bertz CT molecular complexity index is 932. The molecule has 26 heavy (non-hydrogen) atoms. The van der Waals surface area contributed by atoms with Gasteiger partial charge in [-0.1, -0.05) is 28.1 Å². The fourth-order valence-electron chi connectivity index (χ4n) is 2.26. The molecule has 0 saturated heterocycles. The maximum Gasteiger partial charge on any atom is 0.328 e. The molecule has 2 heterocycles. The molecule has 0 aliphatic heterocycles. The highest BCUT2D eigenvalue weighted by Gasteiger charge is 2.17. The zero-order chi connectivity index (χ0) is 18.7. The first-order valence-electron chi connectivity index (χ1n) is 7.79. The van der Waals surface area contributed by atoms with Crippen LogP contribution in [0.25, 0.3) is 0 Å². The van der Waals surface area contributed by atoms with Crippen LogP contribution in [0.1, 0.15) is 29.0 Å². The normalized spacial score (nSPS) is 11.9. The van der Waals surface area contributed by atoms with Crippen LogP contribution in [0.3, 0.4) is 0 Å². The molecule has 0 spiro atoms. The van der Waals surface area contributed by atoms with Crippen molar-refractivity contribution in [2.75, 3.05) is 5.32 Å². The summed E-state index contributed by atoms with van der Waals surface area (Å²) >= 11 is 3.39. The molecule has 0 aliphatic carbocycles. The van der Waals surface area contributed by atoms with Crippen molar-refractivity contribution >= 4 is 33.6 Å². The van der Waals surface area contributed by atoms with Crippen LogP contribution < -0.4 is 5.32 Å². The summed E-state index contributed by atoms with van der Waals surface area (Å²) in [5.41, 5.74) is 1.20.